The maximum atomic E-state index is 9.00. The number of aliphatic hydroxyl groups excluding tert-OH is 1. The maximum Gasteiger partial charge on any atom is 0.300 e. The van der Waals surface area contributed by atoms with Gasteiger partial charge >= 0.3 is 0 Å². The predicted octanol–water partition coefficient (Wildman–Crippen LogP) is -0.0433. The third-order valence-electron chi connectivity index (χ3n) is 0.398. The van der Waals surface area contributed by atoms with E-state index in [1.54, 1.807) is 6.92 Å². The molecule has 0 bridgehead atoms. The summed E-state index contributed by atoms with van der Waals surface area (Å²) in [6, 6.07) is 0. The van der Waals surface area contributed by atoms with Crippen LogP contribution >= 0.6 is 0 Å². The minimum atomic E-state index is -0.833. The molecule has 0 aromatic heterocycles. The first-order valence-electron chi connectivity index (χ1n) is 3.26. The van der Waals surface area contributed by atoms with Crippen LogP contribution < -0.4 is 5.48 Å². The topological polar surface area (TPSA) is 78.8 Å². The number of carbonyl (C=O) groups is 1. The molecule has 0 heterocycles. The second-order valence-corrected chi connectivity index (χ2v) is 1.73. The summed E-state index contributed by atoms with van der Waals surface area (Å²) in [5.41, 5.74) is 2.50. The molecule has 1 unspecified atom stereocenters. The lowest BCUT2D eigenvalue weighted by Gasteiger charge is -2.03. The fourth-order valence-corrected chi connectivity index (χ4v) is 0.204. The molecule has 5 heteroatoms. The lowest BCUT2D eigenvalue weighted by molar-refractivity contribution is -0.134. The summed E-state index contributed by atoms with van der Waals surface area (Å²) < 4.78 is 0. The number of rotatable bonds is 3. The Bertz CT molecular complexity index is 90.6. The Kier molecular flexibility index (Phi) is 11.0. The monoisotopic (exact) mass is 165 g/mol. The normalized spacial score (nSPS) is 11.3. The molecule has 1 atom stereocenters. The van der Waals surface area contributed by atoms with Gasteiger partial charge in [0.05, 0.1) is 0 Å². The van der Waals surface area contributed by atoms with Crippen molar-refractivity contribution in [3.05, 3.63) is 0 Å². The number of hydrogen-bond acceptors (Lipinski definition) is 4. The molecule has 0 fully saturated rings. The lowest BCUT2D eigenvalue weighted by atomic mass is 10.8. The minimum Gasteiger partial charge on any atom is -0.481 e. The molecule has 0 aliphatic rings. The van der Waals surface area contributed by atoms with Gasteiger partial charge in [0, 0.05) is 13.5 Å². The van der Waals surface area contributed by atoms with Crippen LogP contribution in [0, 0.1) is 0 Å². The molecule has 0 aliphatic heterocycles. The zero-order valence-corrected chi connectivity index (χ0v) is 7.00. The van der Waals surface area contributed by atoms with Crippen LogP contribution in [0.25, 0.3) is 0 Å². The minimum absolute atomic E-state index is 0.708. The van der Waals surface area contributed by atoms with Gasteiger partial charge in [0.1, 0.15) is 0 Å². The third kappa shape index (κ3) is 45.0. The summed E-state index contributed by atoms with van der Waals surface area (Å²) in [6.45, 7) is 5.23. The van der Waals surface area contributed by atoms with E-state index in [-0.39, 0.29) is 0 Å². The lowest BCUT2D eigenvalue weighted by Crippen LogP contribution is -2.20. The molecule has 0 rings (SSSR count). The van der Waals surface area contributed by atoms with Crippen molar-refractivity contribution in [3.8, 4) is 0 Å². The van der Waals surface area contributed by atoms with Gasteiger partial charge in [-0.25, -0.2) is 0 Å². The van der Waals surface area contributed by atoms with Crippen molar-refractivity contribution in [2.75, 3.05) is 6.54 Å². The Morgan fingerprint density at radius 2 is 2.09 bits per heavy atom. The fraction of sp³-hybridized carbons (Fsp3) is 0.833. The zero-order chi connectivity index (χ0) is 9.28. The Morgan fingerprint density at radius 1 is 1.73 bits per heavy atom. The summed E-state index contributed by atoms with van der Waals surface area (Å²) in [7, 11) is 0. The van der Waals surface area contributed by atoms with Gasteiger partial charge in [-0.1, -0.05) is 6.92 Å². The van der Waals surface area contributed by atoms with E-state index in [4.69, 9.17) is 15.0 Å². The van der Waals surface area contributed by atoms with Gasteiger partial charge in [-0.15, -0.1) is 0 Å². The van der Waals surface area contributed by atoms with Gasteiger partial charge in [0.2, 0.25) is 0 Å². The summed E-state index contributed by atoms with van der Waals surface area (Å²) >= 11 is 0. The molecule has 0 aromatic carbocycles. The highest BCUT2D eigenvalue weighted by Gasteiger charge is 1.87. The van der Waals surface area contributed by atoms with Crippen LogP contribution in [-0.2, 0) is 9.63 Å². The van der Waals surface area contributed by atoms with Crippen LogP contribution in [0.2, 0.25) is 0 Å². The van der Waals surface area contributed by atoms with E-state index >= 15 is 0 Å². The Morgan fingerprint density at radius 3 is 2.18 bits per heavy atom. The van der Waals surface area contributed by atoms with E-state index in [0.29, 0.717) is 6.54 Å². The molecule has 5 nitrogen and oxygen atoms in total. The highest BCUT2D eigenvalue weighted by atomic mass is 16.7. The Labute approximate surface area is 65.9 Å². The van der Waals surface area contributed by atoms with Crippen molar-refractivity contribution in [2.45, 2.75) is 27.1 Å². The molecule has 11 heavy (non-hydrogen) atoms. The molecule has 0 aromatic rings. The molecule has 68 valence electrons. The SMILES string of the molecule is CC(=O)O.CCNOC(C)O. The van der Waals surface area contributed by atoms with Gasteiger partial charge in [-0.05, 0) is 6.92 Å². The molecule has 0 radical (unpaired) electrons. The number of carboxylic acids is 1. The van der Waals surface area contributed by atoms with Gasteiger partial charge in [0.25, 0.3) is 5.97 Å². The standard InChI is InChI=1S/C4H11NO2.C2H4O2/c1-3-5-7-4(2)6;1-2(3)4/h4-6H,3H2,1-2H3;1H3,(H,3,4). The first-order chi connectivity index (χ1) is 5.00. The molecule has 0 saturated carbocycles. The molecule has 0 aliphatic carbocycles. The number of hydroxylamine groups is 1. The van der Waals surface area contributed by atoms with E-state index in [9.17, 15) is 0 Å². The average molecular weight is 165 g/mol. The number of aliphatic hydroxyl groups is 1. The van der Waals surface area contributed by atoms with Gasteiger partial charge in [0.15, 0.2) is 6.29 Å². The van der Waals surface area contributed by atoms with Gasteiger partial charge in [-0.3, -0.25) is 9.63 Å². The first-order valence-corrected chi connectivity index (χ1v) is 3.26. The highest BCUT2D eigenvalue weighted by Crippen LogP contribution is 1.74. The quantitative estimate of drug-likeness (QED) is 0.404. The molecule has 0 saturated heterocycles. The Balaban J connectivity index is 0. The van der Waals surface area contributed by atoms with Crippen molar-refractivity contribution < 1.29 is 19.8 Å². The van der Waals surface area contributed by atoms with Crippen molar-refractivity contribution in [2.24, 2.45) is 0 Å². The smallest absolute Gasteiger partial charge is 0.300 e. The van der Waals surface area contributed by atoms with E-state index in [2.05, 4.69) is 10.3 Å². The summed E-state index contributed by atoms with van der Waals surface area (Å²) in [5, 5.41) is 15.8. The van der Waals surface area contributed by atoms with Crippen LogP contribution in [0.3, 0.4) is 0 Å². The molecule has 3 N–H and O–H groups in total. The second kappa shape index (κ2) is 9.35. The van der Waals surface area contributed by atoms with Crippen molar-refractivity contribution in [1.29, 1.82) is 0 Å². The molecule has 0 spiro atoms. The predicted molar refractivity (Wildman–Crippen MR) is 39.8 cm³/mol. The van der Waals surface area contributed by atoms with Crippen LogP contribution in [-0.4, -0.2) is 29.0 Å². The molecule has 0 amide bonds. The molecular formula is C6H15NO4. The van der Waals surface area contributed by atoms with Crippen LogP contribution in [0.5, 0.6) is 0 Å². The largest absolute Gasteiger partial charge is 0.481 e. The highest BCUT2D eigenvalue weighted by molar-refractivity contribution is 5.62. The van der Waals surface area contributed by atoms with E-state index in [1.807, 2.05) is 6.92 Å². The van der Waals surface area contributed by atoms with Gasteiger partial charge < -0.3 is 10.2 Å². The third-order valence-corrected chi connectivity index (χ3v) is 0.398. The number of aliphatic carboxylic acids is 1. The van der Waals surface area contributed by atoms with Crippen molar-refractivity contribution >= 4 is 5.97 Å². The summed E-state index contributed by atoms with van der Waals surface area (Å²) in [6.07, 6.45) is -0.708. The van der Waals surface area contributed by atoms with E-state index in [0.717, 1.165) is 6.92 Å². The zero-order valence-electron chi connectivity index (χ0n) is 7.00. The van der Waals surface area contributed by atoms with Crippen molar-refractivity contribution in [1.82, 2.24) is 5.48 Å². The first kappa shape index (κ1) is 13.0. The van der Waals surface area contributed by atoms with E-state index < -0.39 is 12.3 Å². The molecular weight excluding hydrogens is 150 g/mol. The number of nitrogens with one attached hydrogen (secondary N) is 1. The summed E-state index contributed by atoms with van der Waals surface area (Å²) in [5.74, 6) is -0.833. The van der Waals surface area contributed by atoms with Gasteiger partial charge in [-0.2, -0.15) is 5.48 Å². The number of hydrogen-bond donors (Lipinski definition) is 3. The van der Waals surface area contributed by atoms with Crippen LogP contribution in [0.1, 0.15) is 20.8 Å². The Hall–Kier alpha value is -0.650. The maximum absolute atomic E-state index is 9.00. The summed E-state index contributed by atoms with van der Waals surface area (Å²) in [4.78, 5) is 13.5. The van der Waals surface area contributed by atoms with Crippen LogP contribution in [0.15, 0.2) is 0 Å². The average Bonchev–Trinajstić information content (AvgIpc) is 1.82. The second-order valence-electron chi connectivity index (χ2n) is 1.73. The van der Waals surface area contributed by atoms with Crippen molar-refractivity contribution in [3.63, 3.8) is 0 Å². The van der Waals surface area contributed by atoms with Crippen LogP contribution in [0.4, 0.5) is 0 Å². The number of carboxylic acid groups (broad SMARTS) is 1. The van der Waals surface area contributed by atoms with E-state index in [1.165, 1.54) is 0 Å². The fourth-order valence-electron chi connectivity index (χ4n) is 0.204.